The van der Waals surface area contributed by atoms with Gasteiger partial charge in [0.25, 0.3) is 0 Å². The number of carbonyl (C=O) groups is 2. The molecule has 2 saturated carbocycles. The molecule has 1 heterocycles. The first-order valence-corrected chi connectivity index (χ1v) is 9.64. The van der Waals surface area contributed by atoms with Crippen molar-refractivity contribution in [2.24, 2.45) is 34.6 Å². The van der Waals surface area contributed by atoms with E-state index >= 15 is 0 Å². The number of hydrogen-bond acceptors (Lipinski definition) is 3. The summed E-state index contributed by atoms with van der Waals surface area (Å²) in [6, 6.07) is 0.516. The Hall–Kier alpha value is -1.85. The Morgan fingerprint density at radius 3 is 2.48 bits per heavy atom. The van der Waals surface area contributed by atoms with Crippen LogP contribution >= 0.6 is 0 Å². The number of aliphatic imine (C=N–C) groups is 1. The first-order valence-electron chi connectivity index (χ1n) is 9.64. The van der Waals surface area contributed by atoms with Gasteiger partial charge in [0.15, 0.2) is 5.96 Å². The Balaban J connectivity index is 1.26. The smallest absolute Gasteiger partial charge is 0.233 e. The molecule has 3 aliphatic carbocycles. The van der Waals surface area contributed by atoms with Gasteiger partial charge in [-0.15, -0.1) is 0 Å². The fourth-order valence-corrected chi connectivity index (χ4v) is 4.96. The molecule has 2 N–H and O–H groups in total. The number of imide groups is 1. The Morgan fingerprint density at radius 2 is 1.88 bits per heavy atom. The van der Waals surface area contributed by atoms with E-state index < -0.39 is 0 Å². The van der Waals surface area contributed by atoms with Gasteiger partial charge in [-0.1, -0.05) is 25.5 Å². The third-order valence-electron chi connectivity index (χ3n) is 6.32. The molecule has 25 heavy (non-hydrogen) atoms. The third-order valence-corrected chi connectivity index (χ3v) is 6.32. The van der Waals surface area contributed by atoms with Crippen LogP contribution in [0, 0.1) is 29.6 Å². The predicted molar refractivity (Wildman–Crippen MR) is 95.7 cm³/mol. The summed E-state index contributed by atoms with van der Waals surface area (Å²) in [5, 5.41) is 6.68. The number of carbonyl (C=O) groups excluding carboxylic acids is 2. The van der Waals surface area contributed by atoms with Gasteiger partial charge in [-0.2, -0.15) is 0 Å². The van der Waals surface area contributed by atoms with Gasteiger partial charge in [0.1, 0.15) is 0 Å². The molecule has 136 valence electrons. The molecule has 0 spiro atoms. The second kappa shape index (κ2) is 6.46. The maximum Gasteiger partial charge on any atom is 0.233 e. The number of guanidine groups is 1. The van der Waals surface area contributed by atoms with Crippen molar-refractivity contribution in [2.75, 3.05) is 20.1 Å². The van der Waals surface area contributed by atoms with Gasteiger partial charge >= 0.3 is 0 Å². The summed E-state index contributed by atoms with van der Waals surface area (Å²) >= 11 is 0. The zero-order valence-corrected chi connectivity index (χ0v) is 15.1. The highest BCUT2D eigenvalue weighted by Crippen LogP contribution is 2.52. The second-order valence-electron chi connectivity index (χ2n) is 7.86. The third kappa shape index (κ3) is 2.85. The van der Waals surface area contributed by atoms with Gasteiger partial charge < -0.3 is 10.6 Å². The maximum absolute atomic E-state index is 12.6. The molecule has 4 rings (SSSR count). The van der Waals surface area contributed by atoms with Crippen LogP contribution in [0.5, 0.6) is 0 Å². The van der Waals surface area contributed by atoms with Crippen LogP contribution < -0.4 is 10.6 Å². The fraction of sp³-hybridized carbons (Fsp3) is 0.737. The first-order chi connectivity index (χ1) is 12.1. The van der Waals surface area contributed by atoms with E-state index in [9.17, 15) is 9.59 Å². The van der Waals surface area contributed by atoms with Crippen LogP contribution in [-0.2, 0) is 9.59 Å². The summed E-state index contributed by atoms with van der Waals surface area (Å²) in [5.41, 5.74) is 0. The standard InChI is InChI=1S/C19H28N4O2/c1-3-4-11-10-14(11)22-19(20-2)21-7-8-23-17(24)15-12-5-6-13(9-12)16(15)18(23)25/h5-6,11-16H,3-4,7-10H2,1-2H3,(H2,20,21,22). The van der Waals surface area contributed by atoms with Crippen LogP contribution in [0.3, 0.4) is 0 Å². The average Bonchev–Trinajstić information content (AvgIpc) is 2.96. The molecule has 1 aliphatic heterocycles. The highest BCUT2D eigenvalue weighted by atomic mass is 16.2. The van der Waals surface area contributed by atoms with Gasteiger partial charge in [0.05, 0.1) is 11.8 Å². The van der Waals surface area contributed by atoms with Gasteiger partial charge in [-0.05, 0) is 37.0 Å². The summed E-state index contributed by atoms with van der Waals surface area (Å²) in [5.74, 6) is 1.96. The zero-order chi connectivity index (χ0) is 17.6. The van der Waals surface area contributed by atoms with Crippen molar-refractivity contribution in [1.82, 2.24) is 15.5 Å². The number of allylic oxidation sites excluding steroid dienone is 2. The number of rotatable bonds is 6. The largest absolute Gasteiger partial charge is 0.355 e. The molecule has 4 aliphatic rings. The van der Waals surface area contributed by atoms with Crippen molar-refractivity contribution in [3.05, 3.63) is 12.2 Å². The number of nitrogens with zero attached hydrogens (tertiary/aromatic N) is 2. The second-order valence-corrected chi connectivity index (χ2v) is 7.86. The van der Waals surface area contributed by atoms with Crippen LogP contribution in [0.25, 0.3) is 0 Å². The fourth-order valence-electron chi connectivity index (χ4n) is 4.96. The van der Waals surface area contributed by atoms with E-state index in [-0.39, 0.29) is 35.5 Å². The molecule has 0 aromatic heterocycles. The average molecular weight is 344 g/mol. The minimum absolute atomic E-state index is 0.0294. The van der Waals surface area contributed by atoms with Crippen LogP contribution in [-0.4, -0.2) is 48.9 Å². The molecule has 1 saturated heterocycles. The molecule has 0 aromatic rings. The van der Waals surface area contributed by atoms with Crippen molar-refractivity contribution >= 4 is 17.8 Å². The van der Waals surface area contributed by atoms with E-state index in [4.69, 9.17) is 0 Å². The highest BCUT2D eigenvalue weighted by Gasteiger charge is 2.58. The lowest BCUT2D eigenvalue weighted by Crippen LogP contribution is -2.44. The molecule has 6 atom stereocenters. The number of fused-ring (bicyclic) bond motifs is 5. The molecule has 2 amide bonds. The summed E-state index contributed by atoms with van der Waals surface area (Å²) < 4.78 is 0. The number of amides is 2. The molecular formula is C19H28N4O2. The van der Waals surface area contributed by atoms with Crippen LogP contribution in [0.1, 0.15) is 32.6 Å². The molecule has 2 bridgehead atoms. The minimum Gasteiger partial charge on any atom is -0.355 e. The first kappa shape index (κ1) is 16.6. The summed E-state index contributed by atoms with van der Waals surface area (Å²) in [7, 11) is 1.76. The van der Waals surface area contributed by atoms with Crippen molar-refractivity contribution in [2.45, 2.75) is 38.6 Å². The van der Waals surface area contributed by atoms with Gasteiger partial charge in [-0.25, -0.2) is 0 Å². The van der Waals surface area contributed by atoms with E-state index in [1.165, 1.54) is 24.2 Å². The highest BCUT2D eigenvalue weighted by molar-refractivity contribution is 6.06. The van der Waals surface area contributed by atoms with Crippen LogP contribution in [0.15, 0.2) is 17.1 Å². The Labute approximate surface area is 149 Å². The summed E-state index contributed by atoms with van der Waals surface area (Å²) in [6.07, 6.45) is 8.92. The topological polar surface area (TPSA) is 73.8 Å². The number of likely N-dealkylation sites (tertiary alicyclic amines) is 1. The Bertz CT molecular complexity index is 599. The monoisotopic (exact) mass is 344 g/mol. The minimum atomic E-state index is -0.0961. The summed E-state index contributed by atoms with van der Waals surface area (Å²) in [4.78, 5) is 31.0. The zero-order valence-electron chi connectivity index (χ0n) is 15.1. The molecule has 6 nitrogen and oxygen atoms in total. The van der Waals surface area contributed by atoms with Crippen LogP contribution in [0.2, 0.25) is 0 Å². The van der Waals surface area contributed by atoms with E-state index in [0.29, 0.717) is 19.1 Å². The lowest BCUT2D eigenvalue weighted by atomic mass is 9.85. The SMILES string of the molecule is CCCC1CC1NC(=NC)NCCN1C(=O)C2C3C=CC(C3)C2C1=O. The lowest BCUT2D eigenvalue weighted by Gasteiger charge is -2.18. The summed E-state index contributed by atoms with van der Waals surface area (Å²) in [6.45, 7) is 3.18. The van der Waals surface area contributed by atoms with E-state index in [1.807, 2.05) is 0 Å². The number of hydrogen-bond donors (Lipinski definition) is 2. The van der Waals surface area contributed by atoms with Crippen molar-refractivity contribution in [1.29, 1.82) is 0 Å². The van der Waals surface area contributed by atoms with Crippen molar-refractivity contribution in [3.8, 4) is 0 Å². The Morgan fingerprint density at radius 1 is 1.20 bits per heavy atom. The number of nitrogens with one attached hydrogen (secondary N) is 2. The van der Waals surface area contributed by atoms with E-state index in [0.717, 1.165) is 18.3 Å². The molecule has 6 heteroatoms. The normalized spacial score (nSPS) is 38.5. The van der Waals surface area contributed by atoms with Gasteiger partial charge in [0, 0.05) is 26.2 Å². The quantitative estimate of drug-likeness (QED) is 0.328. The molecule has 6 unspecified atom stereocenters. The lowest BCUT2D eigenvalue weighted by molar-refractivity contribution is -0.140. The van der Waals surface area contributed by atoms with Gasteiger partial charge in [0.2, 0.25) is 11.8 Å². The Kier molecular flexibility index (Phi) is 4.29. The van der Waals surface area contributed by atoms with E-state index in [1.54, 1.807) is 7.05 Å². The maximum atomic E-state index is 12.6. The van der Waals surface area contributed by atoms with Crippen molar-refractivity contribution < 1.29 is 9.59 Å². The van der Waals surface area contributed by atoms with E-state index in [2.05, 4.69) is 34.7 Å². The van der Waals surface area contributed by atoms with Crippen LogP contribution in [0.4, 0.5) is 0 Å². The molecule has 3 fully saturated rings. The van der Waals surface area contributed by atoms with Crippen molar-refractivity contribution in [3.63, 3.8) is 0 Å². The molecular weight excluding hydrogens is 316 g/mol. The molecule has 0 radical (unpaired) electrons. The molecule has 0 aromatic carbocycles. The predicted octanol–water partition coefficient (Wildman–Crippen LogP) is 1.15. The van der Waals surface area contributed by atoms with Gasteiger partial charge in [-0.3, -0.25) is 19.5 Å².